The van der Waals surface area contributed by atoms with E-state index in [9.17, 15) is 0 Å². The zero-order valence-corrected chi connectivity index (χ0v) is 10.5. The second-order valence-electron chi connectivity index (χ2n) is 6.10. The molecule has 0 aromatic heterocycles. The Kier molecular flexibility index (Phi) is 1.73. The standard InChI is InChI=1S/C15H22/c1-11-7-6-8-12-13(11)15(4,5)10-9-14(12,2)3/h6-8H,9-10H2,1-5H3/i6D,7D. The Balaban J connectivity index is 2.81. The molecule has 82 valence electrons. The first-order valence-electron chi connectivity index (χ1n) is 6.78. The Morgan fingerprint density at radius 2 is 1.73 bits per heavy atom. The zero-order chi connectivity index (χ0) is 13.0. The topological polar surface area (TPSA) is 0 Å². The van der Waals surface area contributed by atoms with Gasteiger partial charge in [-0.25, -0.2) is 0 Å². The van der Waals surface area contributed by atoms with Gasteiger partial charge in [-0.1, -0.05) is 45.8 Å². The van der Waals surface area contributed by atoms with Crippen LogP contribution in [0.25, 0.3) is 0 Å². The van der Waals surface area contributed by atoms with Gasteiger partial charge in [-0.2, -0.15) is 0 Å². The van der Waals surface area contributed by atoms with Crippen molar-refractivity contribution in [1.82, 2.24) is 0 Å². The van der Waals surface area contributed by atoms with Gasteiger partial charge in [0.1, 0.15) is 0 Å². The van der Waals surface area contributed by atoms with Crippen molar-refractivity contribution in [3.8, 4) is 0 Å². The van der Waals surface area contributed by atoms with E-state index in [4.69, 9.17) is 2.74 Å². The molecule has 0 aliphatic heterocycles. The normalized spacial score (nSPS) is 24.1. The molecule has 0 heteroatoms. The molecule has 0 saturated carbocycles. The van der Waals surface area contributed by atoms with Crippen LogP contribution < -0.4 is 0 Å². The molecule has 0 radical (unpaired) electrons. The average molecular weight is 204 g/mol. The largest absolute Gasteiger partial charge is 0.0626 e. The number of rotatable bonds is 0. The number of benzene rings is 1. The summed E-state index contributed by atoms with van der Waals surface area (Å²) in [6.45, 7) is 11.0. The summed E-state index contributed by atoms with van der Waals surface area (Å²) in [5.41, 5.74) is 3.88. The predicted octanol–water partition coefficient (Wildman–Crippen LogP) is 4.34. The van der Waals surface area contributed by atoms with Crippen LogP contribution in [0.1, 0.15) is 60.0 Å². The second-order valence-corrected chi connectivity index (χ2v) is 6.10. The van der Waals surface area contributed by atoms with Crippen molar-refractivity contribution >= 4 is 0 Å². The van der Waals surface area contributed by atoms with Crippen LogP contribution in [-0.2, 0) is 10.8 Å². The highest BCUT2D eigenvalue weighted by Gasteiger charge is 2.37. The van der Waals surface area contributed by atoms with Crippen molar-refractivity contribution in [2.24, 2.45) is 0 Å². The second kappa shape index (κ2) is 3.10. The third-order valence-electron chi connectivity index (χ3n) is 3.90. The van der Waals surface area contributed by atoms with E-state index in [-0.39, 0.29) is 10.8 Å². The van der Waals surface area contributed by atoms with Crippen molar-refractivity contribution in [2.45, 2.75) is 58.3 Å². The molecule has 0 amide bonds. The highest BCUT2D eigenvalue weighted by molar-refractivity contribution is 5.45. The van der Waals surface area contributed by atoms with E-state index in [1.165, 1.54) is 11.1 Å². The van der Waals surface area contributed by atoms with Gasteiger partial charge in [-0.05, 0) is 47.3 Å². The highest BCUT2D eigenvalue weighted by atomic mass is 14.4. The first-order chi connectivity index (χ1) is 7.67. The van der Waals surface area contributed by atoms with Gasteiger partial charge in [0.2, 0.25) is 0 Å². The molecule has 1 aliphatic rings. The molecule has 0 bridgehead atoms. The highest BCUT2D eigenvalue weighted by Crippen LogP contribution is 2.46. The van der Waals surface area contributed by atoms with E-state index in [0.29, 0.717) is 12.1 Å². The summed E-state index contributed by atoms with van der Waals surface area (Å²) in [7, 11) is 0. The molecule has 0 N–H and O–H groups in total. The van der Waals surface area contributed by atoms with Crippen molar-refractivity contribution in [1.29, 1.82) is 0 Å². The summed E-state index contributed by atoms with van der Waals surface area (Å²) < 4.78 is 15.9. The Morgan fingerprint density at radius 1 is 1.13 bits per heavy atom. The van der Waals surface area contributed by atoms with Gasteiger partial charge in [0.25, 0.3) is 0 Å². The van der Waals surface area contributed by atoms with E-state index < -0.39 is 0 Å². The molecule has 0 fully saturated rings. The van der Waals surface area contributed by atoms with Crippen LogP contribution in [0, 0.1) is 6.92 Å². The maximum Gasteiger partial charge on any atom is 0.0626 e. The fraction of sp³-hybridized carbons (Fsp3) is 0.600. The van der Waals surface area contributed by atoms with Crippen LogP contribution >= 0.6 is 0 Å². The van der Waals surface area contributed by atoms with E-state index in [2.05, 4.69) is 27.7 Å². The Labute approximate surface area is 96.5 Å². The maximum atomic E-state index is 8.00. The number of hydrogen-bond acceptors (Lipinski definition) is 0. The van der Waals surface area contributed by atoms with Gasteiger partial charge >= 0.3 is 0 Å². The molecule has 1 aliphatic carbocycles. The van der Waals surface area contributed by atoms with Gasteiger partial charge in [0.05, 0.1) is 2.74 Å². The van der Waals surface area contributed by atoms with Gasteiger partial charge < -0.3 is 0 Å². The van der Waals surface area contributed by atoms with Crippen molar-refractivity contribution in [3.05, 3.63) is 34.8 Å². The molecular weight excluding hydrogens is 180 g/mol. The third-order valence-corrected chi connectivity index (χ3v) is 3.90. The average Bonchev–Trinajstić information content (AvgIpc) is 2.21. The lowest BCUT2D eigenvalue weighted by atomic mass is 9.62. The lowest BCUT2D eigenvalue weighted by Gasteiger charge is -2.42. The smallest absolute Gasteiger partial charge is 0.0617 e. The van der Waals surface area contributed by atoms with Gasteiger partial charge in [0, 0.05) is 0 Å². The van der Waals surface area contributed by atoms with E-state index in [1.807, 2.05) is 13.0 Å². The van der Waals surface area contributed by atoms with Gasteiger partial charge in [-0.3, -0.25) is 0 Å². The van der Waals surface area contributed by atoms with E-state index in [0.717, 1.165) is 18.4 Å². The molecular formula is C15H22. The molecule has 0 atom stereocenters. The van der Waals surface area contributed by atoms with Crippen LogP contribution in [0.15, 0.2) is 18.2 Å². The minimum atomic E-state index is 0.137. The zero-order valence-electron chi connectivity index (χ0n) is 12.5. The maximum absolute atomic E-state index is 8.00. The SMILES string of the molecule is [2H]c1cc2c(c(C)c1[2H])C(C)(C)CCC2(C)C. The van der Waals surface area contributed by atoms with Crippen LogP contribution in [0.4, 0.5) is 0 Å². The Morgan fingerprint density at radius 3 is 2.40 bits per heavy atom. The summed E-state index contributed by atoms with van der Waals surface area (Å²) in [6.07, 6.45) is 2.31. The van der Waals surface area contributed by atoms with Crippen molar-refractivity contribution in [3.63, 3.8) is 0 Å². The minimum absolute atomic E-state index is 0.137. The summed E-state index contributed by atoms with van der Waals surface area (Å²) in [4.78, 5) is 0. The van der Waals surface area contributed by atoms with Crippen LogP contribution in [0.5, 0.6) is 0 Å². The van der Waals surface area contributed by atoms with Crippen LogP contribution in [0.2, 0.25) is 0 Å². The molecule has 0 spiro atoms. The van der Waals surface area contributed by atoms with Crippen LogP contribution in [-0.4, -0.2) is 0 Å². The fourth-order valence-corrected chi connectivity index (χ4v) is 2.84. The lowest BCUT2D eigenvalue weighted by Crippen LogP contribution is -2.34. The third kappa shape index (κ3) is 1.60. The van der Waals surface area contributed by atoms with E-state index >= 15 is 0 Å². The molecule has 1 aromatic carbocycles. The fourth-order valence-electron chi connectivity index (χ4n) is 2.84. The molecule has 1 aromatic rings. The lowest BCUT2D eigenvalue weighted by molar-refractivity contribution is 0.330. The summed E-state index contributed by atoms with van der Waals surface area (Å²) in [6, 6.07) is 2.69. The molecule has 0 nitrogen and oxygen atoms in total. The van der Waals surface area contributed by atoms with Gasteiger partial charge in [0.15, 0.2) is 0 Å². The Bertz CT molecular complexity index is 470. The number of fused-ring (bicyclic) bond motifs is 1. The molecule has 15 heavy (non-hydrogen) atoms. The van der Waals surface area contributed by atoms with Crippen LogP contribution in [0.3, 0.4) is 0 Å². The van der Waals surface area contributed by atoms with Crippen molar-refractivity contribution in [2.75, 3.05) is 0 Å². The van der Waals surface area contributed by atoms with E-state index in [1.54, 1.807) is 0 Å². The summed E-state index contributed by atoms with van der Waals surface area (Å²) in [5.74, 6) is 0. The minimum Gasteiger partial charge on any atom is -0.0617 e. The molecule has 0 unspecified atom stereocenters. The Hall–Kier alpha value is -0.780. The molecule has 2 rings (SSSR count). The molecule has 0 heterocycles. The first kappa shape index (κ1) is 8.38. The van der Waals surface area contributed by atoms with Crippen molar-refractivity contribution < 1.29 is 2.74 Å². The molecule has 0 saturated heterocycles. The first-order valence-corrected chi connectivity index (χ1v) is 5.78. The quantitative estimate of drug-likeness (QED) is 0.589. The summed E-state index contributed by atoms with van der Waals surface area (Å²) in [5, 5.41) is 0. The number of hydrogen-bond donors (Lipinski definition) is 0. The monoisotopic (exact) mass is 204 g/mol. The summed E-state index contributed by atoms with van der Waals surface area (Å²) >= 11 is 0. The predicted molar refractivity (Wildman–Crippen MR) is 66.5 cm³/mol. The van der Waals surface area contributed by atoms with Gasteiger partial charge in [-0.15, -0.1) is 0 Å².